The summed E-state index contributed by atoms with van der Waals surface area (Å²) in [7, 11) is 0. The van der Waals surface area contributed by atoms with E-state index in [-0.39, 0.29) is 5.91 Å². The SMILES string of the molecule is CC(C)c1nc(C(=O)N2CCC(Cc3nc4ccccc4[nH]3)CC2)cs1. The number of amides is 1. The lowest BCUT2D eigenvalue weighted by Gasteiger charge is -2.31. The number of nitrogens with zero attached hydrogens (tertiary/aromatic N) is 3. The van der Waals surface area contributed by atoms with Gasteiger partial charge in [0.05, 0.1) is 16.0 Å². The van der Waals surface area contributed by atoms with Crippen molar-refractivity contribution < 1.29 is 4.79 Å². The van der Waals surface area contributed by atoms with Crippen LogP contribution in [0.1, 0.15) is 53.9 Å². The lowest BCUT2D eigenvalue weighted by Crippen LogP contribution is -2.39. The Kier molecular flexibility index (Phi) is 4.76. The molecule has 4 rings (SSSR count). The molecular weight excluding hydrogens is 344 g/mol. The van der Waals surface area contributed by atoms with Gasteiger partial charge in [-0.1, -0.05) is 26.0 Å². The van der Waals surface area contributed by atoms with Gasteiger partial charge in [-0.05, 0) is 30.9 Å². The highest BCUT2D eigenvalue weighted by atomic mass is 32.1. The number of rotatable bonds is 4. The fraction of sp³-hybridized carbons (Fsp3) is 0.450. The molecule has 1 amide bonds. The number of carbonyl (C=O) groups is 1. The van der Waals surface area contributed by atoms with E-state index in [0.717, 1.165) is 54.2 Å². The minimum atomic E-state index is 0.0790. The van der Waals surface area contributed by atoms with Crippen LogP contribution in [0.4, 0.5) is 0 Å². The molecule has 0 aliphatic carbocycles. The fourth-order valence-electron chi connectivity index (χ4n) is 3.53. The zero-order valence-electron chi connectivity index (χ0n) is 15.2. The standard InChI is InChI=1S/C20H24N4OS/c1-13(2)19-23-17(12-26-19)20(25)24-9-7-14(8-10-24)11-18-21-15-5-3-4-6-16(15)22-18/h3-6,12-14H,7-11H2,1-2H3,(H,21,22). The van der Waals surface area contributed by atoms with Crippen molar-refractivity contribution >= 4 is 28.3 Å². The molecule has 0 radical (unpaired) electrons. The Balaban J connectivity index is 1.35. The summed E-state index contributed by atoms with van der Waals surface area (Å²) < 4.78 is 0. The van der Waals surface area contributed by atoms with Gasteiger partial charge in [0.15, 0.2) is 0 Å². The lowest BCUT2D eigenvalue weighted by molar-refractivity contribution is 0.0684. The number of piperidine rings is 1. The first-order valence-corrected chi connectivity index (χ1v) is 10.2. The lowest BCUT2D eigenvalue weighted by atomic mass is 9.93. The Morgan fingerprint density at radius 1 is 1.27 bits per heavy atom. The number of aromatic amines is 1. The number of nitrogens with one attached hydrogen (secondary N) is 1. The highest BCUT2D eigenvalue weighted by Gasteiger charge is 2.26. The molecule has 1 fully saturated rings. The van der Waals surface area contributed by atoms with Gasteiger partial charge < -0.3 is 9.88 Å². The van der Waals surface area contributed by atoms with Gasteiger partial charge in [0.1, 0.15) is 11.5 Å². The molecule has 0 atom stereocenters. The van der Waals surface area contributed by atoms with Crippen molar-refractivity contribution in [1.82, 2.24) is 19.9 Å². The molecule has 5 nitrogen and oxygen atoms in total. The summed E-state index contributed by atoms with van der Waals surface area (Å²) in [6.07, 6.45) is 2.98. The summed E-state index contributed by atoms with van der Waals surface area (Å²) >= 11 is 1.58. The Labute approximate surface area is 157 Å². The van der Waals surface area contributed by atoms with E-state index in [1.165, 1.54) is 0 Å². The van der Waals surface area contributed by atoms with Crippen LogP contribution in [0.5, 0.6) is 0 Å². The monoisotopic (exact) mass is 368 g/mol. The number of imidazole rings is 1. The number of likely N-dealkylation sites (tertiary alicyclic amines) is 1. The van der Waals surface area contributed by atoms with Crippen LogP contribution >= 0.6 is 11.3 Å². The van der Waals surface area contributed by atoms with E-state index < -0.39 is 0 Å². The molecule has 1 saturated heterocycles. The van der Waals surface area contributed by atoms with Gasteiger partial charge in [-0.15, -0.1) is 11.3 Å². The van der Waals surface area contributed by atoms with Crippen molar-refractivity contribution in [2.75, 3.05) is 13.1 Å². The quantitative estimate of drug-likeness (QED) is 0.749. The minimum absolute atomic E-state index is 0.0790. The van der Waals surface area contributed by atoms with Crippen LogP contribution in [0.3, 0.4) is 0 Å². The van der Waals surface area contributed by atoms with E-state index in [4.69, 9.17) is 0 Å². The average molecular weight is 369 g/mol. The van der Waals surface area contributed by atoms with E-state index in [2.05, 4.69) is 34.9 Å². The topological polar surface area (TPSA) is 61.9 Å². The number of fused-ring (bicyclic) bond motifs is 1. The first kappa shape index (κ1) is 17.2. The molecule has 0 bridgehead atoms. The summed E-state index contributed by atoms with van der Waals surface area (Å²) in [6.45, 7) is 5.82. The molecule has 1 N–H and O–H groups in total. The predicted octanol–water partition coefficient (Wildman–Crippen LogP) is 4.24. The molecule has 0 unspecified atom stereocenters. The second-order valence-corrected chi connectivity index (χ2v) is 8.26. The Morgan fingerprint density at radius 2 is 2.04 bits per heavy atom. The van der Waals surface area contributed by atoms with Crippen molar-refractivity contribution in [3.63, 3.8) is 0 Å². The van der Waals surface area contributed by atoms with Gasteiger partial charge in [-0.25, -0.2) is 9.97 Å². The average Bonchev–Trinajstić information content (AvgIpc) is 3.28. The first-order chi connectivity index (χ1) is 12.6. The molecule has 1 aliphatic heterocycles. The summed E-state index contributed by atoms with van der Waals surface area (Å²) in [5.41, 5.74) is 2.73. The van der Waals surface area contributed by atoms with Crippen LogP contribution in [0.2, 0.25) is 0 Å². The Morgan fingerprint density at radius 3 is 2.73 bits per heavy atom. The van der Waals surface area contributed by atoms with Crippen LogP contribution in [0, 0.1) is 5.92 Å². The third-order valence-electron chi connectivity index (χ3n) is 5.06. The highest BCUT2D eigenvalue weighted by Crippen LogP contribution is 2.25. The van der Waals surface area contributed by atoms with Crippen LogP contribution in [-0.4, -0.2) is 38.8 Å². The molecule has 0 spiro atoms. The molecule has 26 heavy (non-hydrogen) atoms. The van der Waals surface area contributed by atoms with Crippen LogP contribution < -0.4 is 0 Å². The normalized spacial score (nSPS) is 15.9. The molecule has 2 aromatic heterocycles. The molecule has 1 aliphatic rings. The highest BCUT2D eigenvalue weighted by molar-refractivity contribution is 7.09. The maximum Gasteiger partial charge on any atom is 0.273 e. The number of H-pyrrole nitrogens is 1. The van der Waals surface area contributed by atoms with E-state index >= 15 is 0 Å². The van der Waals surface area contributed by atoms with Gasteiger partial charge in [0.25, 0.3) is 5.91 Å². The van der Waals surface area contributed by atoms with Crippen molar-refractivity contribution in [2.24, 2.45) is 5.92 Å². The second-order valence-electron chi connectivity index (χ2n) is 7.37. The number of para-hydroxylation sites is 2. The number of benzene rings is 1. The van der Waals surface area contributed by atoms with Gasteiger partial charge in [-0.3, -0.25) is 4.79 Å². The van der Waals surface area contributed by atoms with Gasteiger partial charge in [0, 0.05) is 30.8 Å². The maximum absolute atomic E-state index is 12.7. The van der Waals surface area contributed by atoms with E-state index in [0.29, 0.717) is 17.5 Å². The third-order valence-corrected chi connectivity index (χ3v) is 6.20. The molecular formula is C20H24N4OS. The largest absolute Gasteiger partial charge is 0.342 e. The number of hydrogen-bond donors (Lipinski definition) is 1. The van der Waals surface area contributed by atoms with Crippen LogP contribution in [0.25, 0.3) is 11.0 Å². The fourth-order valence-corrected chi connectivity index (χ4v) is 4.34. The summed E-state index contributed by atoms with van der Waals surface area (Å²) in [4.78, 5) is 27.2. The maximum atomic E-state index is 12.7. The van der Waals surface area contributed by atoms with Crippen molar-refractivity contribution in [3.8, 4) is 0 Å². The third kappa shape index (κ3) is 3.51. The second kappa shape index (κ2) is 7.19. The smallest absolute Gasteiger partial charge is 0.273 e. The van der Waals surface area contributed by atoms with Gasteiger partial charge in [-0.2, -0.15) is 0 Å². The molecule has 1 aromatic carbocycles. The zero-order valence-corrected chi connectivity index (χ0v) is 16.1. The van der Waals surface area contributed by atoms with Crippen molar-refractivity contribution in [2.45, 2.75) is 39.0 Å². The van der Waals surface area contributed by atoms with Crippen LogP contribution in [0.15, 0.2) is 29.6 Å². The van der Waals surface area contributed by atoms with E-state index in [1.54, 1.807) is 11.3 Å². The summed E-state index contributed by atoms with van der Waals surface area (Å²) in [5.74, 6) is 2.07. The number of thiazole rings is 1. The Hall–Kier alpha value is -2.21. The van der Waals surface area contributed by atoms with Crippen molar-refractivity contribution in [1.29, 1.82) is 0 Å². The molecule has 3 aromatic rings. The van der Waals surface area contributed by atoms with E-state index in [9.17, 15) is 4.79 Å². The number of aromatic nitrogens is 3. The first-order valence-electron chi connectivity index (χ1n) is 9.28. The van der Waals surface area contributed by atoms with Crippen molar-refractivity contribution in [3.05, 3.63) is 46.2 Å². The predicted molar refractivity (Wildman–Crippen MR) is 105 cm³/mol. The molecule has 136 valence electrons. The summed E-state index contributed by atoms with van der Waals surface area (Å²) in [5, 5.41) is 2.94. The molecule has 3 heterocycles. The van der Waals surface area contributed by atoms with Crippen LogP contribution in [-0.2, 0) is 6.42 Å². The number of hydrogen-bond acceptors (Lipinski definition) is 4. The Bertz CT molecular complexity index is 872. The minimum Gasteiger partial charge on any atom is -0.342 e. The number of carbonyl (C=O) groups excluding carboxylic acids is 1. The molecule has 6 heteroatoms. The molecule has 0 saturated carbocycles. The van der Waals surface area contributed by atoms with E-state index in [1.807, 2.05) is 28.5 Å². The zero-order chi connectivity index (χ0) is 18.1. The summed E-state index contributed by atoms with van der Waals surface area (Å²) in [6, 6.07) is 8.14. The van der Waals surface area contributed by atoms with Gasteiger partial charge >= 0.3 is 0 Å². The van der Waals surface area contributed by atoms with Gasteiger partial charge in [0.2, 0.25) is 0 Å².